The van der Waals surface area contributed by atoms with E-state index in [0.717, 1.165) is 43.7 Å². The van der Waals surface area contributed by atoms with Crippen LogP contribution in [0.3, 0.4) is 0 Å². The van der Waals surface area contributed by atoms with E-state index in [2.05, 4.69) is 25.9 Å². The van der Waals surface area contributed by atoms with Crippen LogP contribution in [-0.2, 0) is 17.2 Å². The van der Waals surface area contributed by atoms with Crippen LogP contribution in [0.1, 0.15) is 57.4 Å². The van der Waals surface area contributed by atoms with Crippen LogP contribution >= 0.6 is 0 Å². The molecule has 1 aliphatic rings. The van der Waals surface area contributed by atoms with Crippen LogP contribution in [0.5, 0.6) is 0 Å². The lowest BCUT2D eigenvalue weighted by Gasteiger charge is -2.25. The minimum absolute atomic E-state index is 0.0345. The monoisotopic (exact) mass is 266 g/mol. The molecule has 0 bridgehead atoms. The Morgan fingerprint density at radius 2 is 2.05 bits per heavy atom. The summed E-state index contributed by atoms with van der Waals surface area (Å²) in [4.78, 5) is 0. The van der Waals surface area contributed by atoms with Crippen LogP contribution in [0.25, 0.3) is 0 Å². The molecule has 4 heteroatoms. The van der Waals surface area contributed by atoms with Crippen molar-refractivity contribution in [3.05, 3.63) is 17.5 Å². The summed E-state index contributed by atoms with van der Waals surface area (Å²) < 4.78 is 7.18. The smallest absolute Gasteiger partial charge is 0.0826 e. The molecule has 1 atom stereocenters. The largest absolute Gasteiger partial charge is 0.388 e. The van der Waals surface area contributed by atoms with E-state index in [1.807, 2.05) is 17.9 Å². The maximum absolute atomic E-state index is 10.5. The Balaban J connectivity index is 2.11. The second-order valence-corrected chi connectivity index (χ2v) is 6.66. The predicted molar refractivity (Wildman–Crippen MR) is 75.0 cm³/mol. The molecule has 1 aliphatic heterocycles. The van der Waals surface area contributed by atoms with E-state index in [4.69, 9.17) is 4.74 Å². The molecule has 108 valence electrons. The highest BCUT2D eigenvalue weighted by molar-refractivity contribution is 5.26. The average Bonchev–Trinajstić information content (AvgIpc) is 2.72. The molecule has 0 aromatic carbocycles. The highest BCUT2D eigenvalue weighted by Crippen LogP contribution is 2.33. The zero-order valence-electron chi connectivity index (χ0n) is 12.5. The number of aromatic nitrogens is 2. The van der Waals surface area contributed by atoms with Crippen molar-refractivity contribution in [2.45, 2.75) is 51.6 Å². The SMILES string of the molecule is Cn1cc(C(O)CC2CCOCC2)c(C(C)(C)C)n1. The molecule has 4 nitrogen and oxygen atoms in total. The quantitative estimate of drug-likeness (QED) is 0.914. The Bertz CT molecular complexity index is 414. The molecule has 1 aromatic heterocycles. The zero-order valence-corrected chi connectivity index (χ0v) is 12.5. The first-order valence-corrected chi connectivity index (χ1v) is 7.17. The fourth-order valence-electron chi connectivity index (χ4n) is 2.76. The molecule has 1 N–H and O–H groups in total. The van der Waals surface area contributed by atoms with Gasteiger partial charge < -0.3 is 9.84 Å². The van der Waals surface area contributed by atoms with Gasteiger partial charge in [-0.05, 0) is 25.2 Å². The van der Waals surface area contributed by atoms with Gasteiger partial charge in [0, 0.05) is 37.4 Å². The van der Waals surface area contributed by atoms with Crippen molar-refractivity contribution >= 4 is 0 Å². The maximum Gasteiger partial charge on any atom is 0.0826 e. The summed E-state index contributed by atoms with van der Waals surface area (Å²) in [6.45, 7) is 8.08. The van der Waals surface area contributed by atoms with Gasteiger partial charge in [0.05, 0.1) is 11.8 Å². The summed E-state index contributed by atoms with van der Waals surface area (Å²) in [5.74, 6) is 0.566. The number of rotatable bonds is 3. The first kappa shape index (κ1) is 14.5. The number of aliphatic hydroxyl groups is 1. The molecular formula is C15H26N2O2. The third-order valence-electron chi connectivity index (χ3n) is 3.82. The average molecular weight is 266 g/mol. The summed E-state index contributed by atoms with van der Waals surface area (Å²) in [6, 6.07) is 0. The molecule has 0 spiro atoms. The lowest BCUT2D eigenvalue weighted by molar-refractivity contribution is 0.0432. The molecule has 19 heavy (non-hydrogen) atoms. The van der Waals surface area contributed by atoms with Crippen molar-refractivity contribution < 1.29 is 9.84 Å². The third-order valence-corrected chi connectivity index (χ3v) is 3.82. The summed E-state index contributed by atoms with van der Waals surface area (Å²) in [7, 11) is 1.92. The van der Waals surface area contributed by atoms with E-state index >= 15 is 0 Å². The van der Waals surface area contributed by atoms with Crippen LogP contribution in [0.15, 0.2) is 6.20 Å². The summed E-state index contributed by atoms with van der Waals surface area (Å²) in [5.41, 5.74) is 1.96. The van der Waals surface area contributed by atoms with Crippen LogP contribution in [0.2, 0.25) is 0 Å². The van der Waals surface area contributed by atoms with E-state index in [1.54, 1.807) is 0 Å². The minimum atomic E-state index is -0.411. The molecule has 0 saturated carbocycles. The van der Waals surface area contributed by atoms with Crippen LogP contribution < -0.4 is 0 Å². The summed E-state index contributed by atoms with van der Waals surface area (Å²) >= 11 is 0. The lowest BCUT2D eigenvalue weighted by Crippen LogP contribution is -2.20. The summed E-state index contributed by atoms with van der Waals surface area (Å²) in [6.07, 6.45) is 4.48. The first-order chi connectivity index (χ1) is 8.88. The van der Waals surface area contributed by atoms with Crippen molar-refractivity contribution in [3.63, 3.8) is 0 Å². The van der Waals surface area contributed by atoms with Crippen LogP contribution in [0.4, 0.5) is 0 Å². The van der Waals surface area contributed by atoms with Crippen LogP contribution in [-0.4, -0.2) is 28.1 Å². The topological polar surface area (TPSA) is 47.3 Å². The van der Waals surface area contributed by atoms with Crippen molar-refractivity contribution in [2.75, 3.05) is 13.2 Å². The van der Waals surface area contributed by atoms with Gasteiger partial charge in [0.15, 0.2) is 0 Å². The number of nitrogens with zero attached hydrogens (tertiary/aromatic N) is 2. The van der Waals surface area contributed by atoms with Gasteiger partial charge in [-0.3, -0.25) is 4.68 Å². The van der Waals surface area contributed by atoms with E-state index in [0.29, 0.717) is 5.92 Å². The number of ether oxygens (including phenoxy) is 1. The second kappa shape index (κ2) is 5.63. The van der Waals surface area contributed by atoms with Gasteiger partial charge in [-0.1, -0.05) is 20.8 Å². The fraction of sp³-hybridized carbons (Fsp3) is 0.800. The first-order valence-electron chi connectivity index (χ1n) is 7.17. The molecule has 0 aliphatic carbocycles. The van der Waals surface area contributed by atoms with Crippen molar-refractivity contribution in [3.8, 4) is 0 Å². The minimum Gasteiger partial charge on any atom is -0.388 e. The number of hydrogen-bond acceptors (Lipinski definition) is 3. The lowest BCUT2D eigenvalue weighted by atomic mass is 9.85. The standard InChI is InChI=1S/C15H26N2O2/c1-15(2,3)14-12(10-17(4)16-14)13(18)9-11-5-7-19-8-6-11/h10-11,13,18H,5-9H2,1-4H3. The van der Waals surface area contributed by atoms with E-state index < -0.39 is 6.10 Å². The van der Waals surface area contributed by atoms with Gasteiger partial charge >= 0.3 is 0 Å². The molecule has 1 unspecified atom stereocenters. The van der Waals surface area contributed by atoms with Gasteiger partial charge in [0.2, 0.25) is 0 Å². The van der Waals surface area contributed by atoms with Crippen molar-refractivity contribution in [1.82, 2.24) is 9.78 Å². The number of hydrogen-bond donors (Lipinski definition) is 1. The Kier molecular flexibility index (Phi) is 4.31. The Morgan fingerprint density at radius 1 is 1.42 bits per heavy atom. The Morgan fingerprint density at radius 3 is 2.63 bits per heavy atom. The molecule has 1 saturated heterocycles. The highest BCUT2D eigenvalue weighted by atomic mass is 16.5. The third kappa shape index (κ3) is 3.57. The summed E-state index contributed by atoms with van der Waals surface area (Å²) in [5, 5.41) is 15.1. The predicted octanol–water partition coefficient (Wildman–Crippen LogP) is 2.57. The van der Waals surface area contributed by atoms with Gasteiger partial charge in [-0.15, -0.1) is 0 Å². The van der Waals surface area contributed by atoms with Crippen molar-refractivity contribution in [2.24, 2.45) is 13.0 Å². The Labute approximate surface area is 115 Å². The van der Waals surface area contributed by atoms with E-state index in [9.17, 15) is 5.11 Å². The second-order valence-electron chi connectivity index (χ2n) is 6.66. The highest BCUT2D eigenvalue weighted by Gasteiger charge is 2.27. The molecule has 0 amide bonds. The van der Waals surface area contributed by atoms with Gasteiger partial charge in [0.1, 0.15) is 0 Å². The Hall–Kier alpha value is -0.870. The molecule has 2 heterocycles. The van der Waals surface area contributed by atoms with Crippen molar-refractivity contribution in [1.29, 1.82) is 0 Å². The maximum atomic E-state index is 10.5. The zero-order chi connectivity index (χ0) is 14.0. The van der Waals surface area contributed by atoms with Gasteiger partial charge in [0.25, 0.3) is 0 Å². The normalized spacial score (nSPS) is 19.6. The molecular weight excluding hydrogens is 240 g/mol. The number of aliphatic hydroxyl groups excluding tert-OH is 1. The molecule has 0 radical (unpaired) electrons. The molecule has 2 rings (SSSR count). The van der Waals surface area contributed by atoms with E-state index in [-0.39, 0.29) is 5.41 Å². The fourth-order valence-corrected chi connectivity index (χ4v) is 2.76. The van der Waals surface area contributed by atoms with Crippen LogP contribution in [0, 0.1) is 5.92 Å². The number of aryl methyl sites for hydroxylation is 1. The molecule has 1 aromatic rings. The van der Waals surface area contributed by atoms with Gasteiger partial charge in [-0.2, -0.15) is 5.10 Å². The van der Waals surface area contributed by atoms with Gasteiger partial charge in [-0.25, -0.2) is 0 Å². The molecule has 1 fully saturated rings. The van der Waals surface area contributed by atoms with E-state index in [1.165, 1.54) is 0 Å².